The van der Waals surface area contributed by atoms with Gasteiger partial charge in [0.25, 0.3) is 0 Å². The van der Waals surface area contributed by atoms with Gasteiger partial charge in [-0.25, -0.2) is 0 Å². The van der Waals surface area contributed by atoms with Gasteiger partial charge in [-0.15, -0.1) is 0 Å². The summed E-state index contributed by atoms with van der Waals surface area (Å²) in [5.74, 6) is -0.0438. The van der Waals surface area contributed by atoms with Gasteiger partial charge in [0.15, 0.2) is 0 Å². The van der Waals surface area contributed by atoms with Crippen molar-refractivity contribution in [2.75, 3.05) is 18.0 Å². The van der Waals surface area contributed by atoms with Gasteiger partial charge in [-0.05, 0) is 43.4 Å². The molecule has 20 heavy (non-hydrogen) atoms. The summed E-state index contributed by atoms with van der Waals surface area (Å²) in [6.45, 7) is 3.43. The van der Waals surface area contributed by atoms with Crippen LogP contribution in [0.15, 0.2) is 18.2 Å². The monoisotopic (exact) mass is 272 g/mol. The first-order valence-electron chi connectivity index (χ1n) is 7.33. The van der Waals surface area contributed by atoms with Crippen LogP contribution >= 0.6 is 0 Å². The smallest absolute Gasteiger partial charge is 0.230 e. The predicted octanol–water partition coefficient (Wildman–Crippen LogP) is 1.80. The topological polar surface area (TPSA) is 49.4 Å². The van der Waals surface area contributed by atoms with Gasteiger partial charge in [0.1, 0.15) is 0 Å². The van der Waals surface area contributed by atoms with E-state index in [9.17, 15) is 9.59 Å². The lowest BCUT2D eigenvalue weighted by Crippen LogP contribution is -2.45. The van der Waals surface area contributed by atoms with Gasteiger partial charge >= 0.3 is 0 Å². The molecule has 106 valence electrons. The van der Waals surface area contributed by atoms with Gasteiger partial charge in [0.05, 0.1) is 0 Å². The quantitative estimate of drug-likeness (QED) is 0.847. The normalized spacial score (nSPS) is 22.1. The molecule has 3 rings (SSSR count). The Kier molecular flexibility index (Phi) is 3.47. The third-order valence-corrected chi connectivity index (χ3v) is 4.22. The molecule has 0 aliphatic carbocycles. The molecule has 4 heteroatoms. The second kappa shape index (κ2) is 5.27. The minimum atomic E-state index is -0.157. The molecule has 4 nitrogen and oxygen atoms in total. The molecule has 1 saturated heterocycles. The Morgan fingerprint density at radius 2 is 2.25 bits per heavy atom. The van der Waals surface area contributed by atoms with Crippen LogP contribution in [0.4, 0.5) is 5.69 Å². The third-order valence-electron chi connectivity index (χ3n) is 4.22. The summed E-state index contributed by atoms with van der Waals surface area (Å²) in [5.41, 5.74) is 3.47. The summed E-state index contributed by atoms with van der Waals surface area (Å²) < 4.78 is 0. The first-order chi connectivity index (χ1) is 9.65. The number of carbonyl (C=O) groups is 2. The zero-order valence-electron chi connectivity index (χ0n) is 11.8. The van der Waals surface area contributed by atoms with E-state index in [-0.39, 0.29) is 17.7 Å². The number of nitrogens with zero attached hydrogens (tertiary/aromatic N) is 1. The van der Waals surface area contributed by atoms with Crippen LogP contribution in [0.25, 0.3) is 0 Å². The van der Waals surface area contributed by atoms with Crippen molar-refractivity contribution in [1.29, 1.82) is 0 Å². The van der Waals surface area contributed by atoms with Crippen LogP contribution in [-0.4, -0.2) is 24.9 Å². The number of fused-ring (bicyclic) bond motifs is 1. The maximum Gasteiger partial charge on any atom is 0.230 e. The molecule has 1 aromatic carbocycles. The van der Waals surface area contributed by atoms with Crippen LogP contribution in [0.2, 0.25) is 0 Å². The first-order valence-corrected chi connectivity index (χ1v) is 7.33. The highest BCUT2D eigenvalue weighted by Gasteiger charge is 2.31. The SMILES string of the molecule is Cc1ccc2c(c1)N(C(=O)C1CCNC(=O)C1)CCC2. The van der Waals surface area contributed by atoms with Crippen molar-refractivity contribution >= 4 is 17.5 Å². The van der Waals surface area contributed by atoms with Crippen LogP contribution in [0.1, 0.15) is 30.4 Å². The molecule has 2 aliphatic rings. The molecule has 2 amide bonds. The summed E-state index contributed by atoms with van der Waals surface area (Å²) >= 11 is 0. The van der Waals surface area contributed by atoms with E-state index in [1.807, 2.05) is 11.8 Å². The highest BCUT2D eigenvalue weighted by atomic mass is 16.2. The Labute approximate surface area is 119 Å². The van der Waals surface area contributed by atoms with E-state index in [4.69, 9.17) is 0 Å². The van der Waals surface area contributed by atoms with Gasteiger partial charge in [-0.3, -0.25) is 9.59 Å². The number of carbonyl (C=O) groups excluding carboxylic acids is 2. The Morgan fingerprint density at radius 1 is 1.40 bits per heavy atom. The molecule has 1 fully saturated rings. The van der Waals surface area contributed by atoms with Crippen molar-refractivity contribution in [3.8, 4) is 0 Å². The molecule has 0 aromatic heterocycles. The van der Waals surface area contributed by atoms with Crippen molar-refractivity contribution in [2.45, 2.75) is 32.6 Å². The minimum Gasteiger partial charge on any atom is -0.356 e. The number of hydrogen-bond acceptors (Lipinski definition) is 2. The summed E-state index contributed by atoms with van der Waals surface area (Å²) in [5, 5.41) is 2.79. The van der Waals surface area contributed by atoms with Crippen LogP contribution in [0.3, 0.4) is 0 Å². The maximum absolute atomic E-state index is 12.7. The molecule has 1 N–H and O–H groups in total. The standard InChI is InChI=1S/C16H20N2O2/c1-11-4-5-12-3-2-8-18(14(12)9-11)16(20)13-6-7-17-15(19)10-13/h4-5,9,13H,2-3,6-8,10H2,1H3,(H,17,19). The molecule has 0 spiro atoms. The zero-order chi connectivity index (χ0) is 14.1. The predicted molar refractivity (Wildman–Crippen MR) is 77.6 cm³/mol. The summed E-state index contributed by atoms with van der Waals surface area (Å²) in [6, 6.07) is 6.31. The Bertz CT molecular complexity index is 553. The lowest BCUT2D eigenvalue weighted by atomic mass is 9.93. The average Bonchev–Trinajstić information content (AvgIpc) is 2.46. The Hall–Kier alpha value is -1.84. The Morgan fingerprint density at radius 3 is 3.05 bits per heavy atom. The van der Waals surface area contributed by atoms with Crippen molar-refractivity contribution in [2.24, 2.45) is 5.92 Å². The van der Waals surface area contributed by atoms with E-state index in [0.717, 1.165) is 31.5 Å². The van der Waals surface area contributed by atoms with E-state index in [0.29, 0.717) is 13.0 Å². The second-order valence-corrected chi connectivity index (χ2v) is 5.77. The molecular weight excluding hydrogens is 252 g/mol. The summed E-state index contributed by atoms with van der Waals surface area (Å²) in [6.07, 6.45) is 3.12. The lowest BCUT2D eigenvalue weighted by molar-refractivity contribution is -0.130. The number of amides is 2. The highest BCUT2D eigenvalue weighted by molar-refractivity contribution is 5.98. The number of rotatable bonds is 1. The van der Waals surface area contributed by atoms with E-state index in [1.165, 1.54) is 11.1 Å². The number of anilines is 1. The van der Waals surface area contributed by atoms with Crippen molar-refractivity contribution in [3.05, 3.63) is 29.3 Å². The van der Waals surface area contributed by atoms with E-state index in [2.05, 4.69) is 23.5 Å². The maximum atomic E-state index is 12.7. The van der Waals surface area contributed by atoms with E-state index >= 15 is 0 Å². The van der Waals surface area contributed by atoms with E-state index < -0.39 is 0 Å². The second-order valence-electron chi connectivity index (χ2n) is 5.77. The van der Waals surface area contributed by atoms with Crippen LogP contribution < -0.4 is 10.2 Å². The zero-order valence-corrected chi connectivity index (χ0v) is 11.8. The van der Waals surface area contributed by atoms with Gasteiger partial charge in [0.2, 0.25) is 11.8 Å². The fraction of sp³-hybridized carbons (Fsp3) is 0.500. The van der Waals surface area contributed by atoms with Crippen molar-refractivity contribution in [1.82, 2.24) is 5.32 Å². The van der Waals surface area contributed by atoms with Gasteiger partial charge < -0.3 is 10.2 Å². The molecule has 2 heterocycles. The van der Waals surface area contributed by atoms with Crippen LogP contribution in [0, 0.1) is 12.8 Å². The van der Waals surface area contributed by atoms with E-state index in [1.54, 1.807) is 0 Å². The largest absolute Gasteiger partial charge is 0.356 e. The fourth-order valence-corrected chi connectivity index (χ4v) is 3.13. The third kappa shape index (κ3) is 2.42. The molecule has 0 bridgehead atoms. The minimum absolute atomic E-state index is 0.00363. The van der Waals surface area contributed by atoms with Crippen molar-refractivity contribution in [3.63, 3.8) is 0 Å². The number of aryl methyl sites for hydroxylation is 2. The van der Waals surface area contributed by atoms with Gasteiger partial charge in [-0.2, -0.15) is 0 Å². The Balaban J connectivity index is 1.86. The molecule has 2 aliphatic heterocycles. The molecule has 1 aromatic rings. The average molecular weight is 272 g/mol. The fourth-order valence-electron chi connectivity index (χ4n) is 3.13. The van der Waals surface area contributed by atoms with Crippen LogP contribution in [0.5, 0.6) is 0 Å². The van der Waals surface area contributed by atoms with Gasteiger partial charge in [-0.1, -0.05) is 12.1 Å². The summed E-state index contributed by atoms with van der Waals surface area (Å²) in [7, 11) is 0. The number of benzene rings is 1. The first kappa shape index (κ1) is 13.2. The van der Waals surface area contributed by atoms with Gasteiger partial charge in [0, 0.05) is 31.1 Å². The van der Waals surface area contributed by atoms with Crippen LogP contribution in [-0.2, 0) is 16.0 Å². The lowest BCUT2D eigenvalue weighted by Gasteiger charge is -2.33. The van der Waals surface area contributed by atoms with Crippen molar-refractivity contribution < 1.29 is 9.59 Å². The highest BCUT2D eigenvalue weighted by Crippen LogP contribution is 2.30. The summed E-state index contributed by atoms with van der Waals surface area (Å²) in [4.78, 5) is 26.1. The molecular formula is C16H20N2O2. The molecule has 1 atom stereocenters. The number of nitrogens with one attached hydrogen (secondary N) is 1. The number of piperidine rings is 1. The molecule has 0 saturated carbocycles. The molecule has 0 radical (unpaired) electrons. The molecule has 1 unspecified atom stereocenters. The number of hydrogen-bond donors (Lipinski definition) is 1.